The third-order valence-electron chi connectivity index (χ3n) is 3.75. The molecule has 0 fully saturated rings. The fourth-order valence-corrected chi connectivity index (χ4v) is 2.90. The van der Waals surface area contributed by atoms with Crippen LogP contribution in [0.4, 0.5) is 0 Å². The Kier molecular flexibility index (Phi) is 4.52. The van der Waals surface area contributed by atoms with E-state index in [1.807, 2.05) is 55.8 Å². The van der Waals surface area contributed by atoms with Crippen LogP contribution in [0.2, 0.25) is 10.0 Å². The Balaban J connectivity index is 2.11. The number of rotatable bonds is 3. The number of aromatic nitrogens is 2. The standard InChI is InChI=1S/C18H18Cl2N4/c1-10(2)22-17(21)11-5-7-16-15(9-11)23-18(24(16)3)12-4-6-13(19)14(20)8-12/h4-10H,1-3H3,(H2,21,22). The van der Waals surface area contributed by atoms with E-state index >= 15 is 0 Å². The van der Waals surface area contributed by atoms with Gasteiger partial charge in [-0.3, -0.25) is 4.99 Å². The van der Waals surface area contributed by atoms with Crippen molar-refractivity contribution in [3.05, 3.63) is 52.0 Å². The maximum Gasteiger partial charge on any atom is 0.140 e. The van der Waals surface area contributed by atoms with Gasteiger partial charge in [0.25, 0.3) is 0 Å². The van der Waals surface area contributed by atoms with Crippen LogP contribution in [-0.4, -0.2) is 21.4 Å². The Bertz CT molecular complexity index is 942. The second-order valence-electron chi connectivity index (χ2n) is 5.93. The molecule has 0 saturated carbocycles. The van der Waals surface area contributed by atoms with Gasteiger partial charge < -0.3 is 10.3 Å². The Hall–Kier alpha value is -2.04. The summed E-state index contributed by atoms with van der Waals surface area (Å²) >= 11 is 12.1. The molecule has 0 spiro atoms. The quantitative estimate of drug-likeness (QED) is 0.545. The topological polar surface area (TPSA) is 56.2 Å². The van der Waals surface area contributed by atoms with Crippen LogP contribution in [0.15, 0.2) is 41.4 Å². The molecule has 3 aromatic rings. The van der Waals surface area contributed by atoms with Gasteiger partial charge in [-0.15, -0.1) is 0 Å². The third kappa shape index (κ3) is 3.12. The van der Waals surface area contributed by atoms with Gasteiger partial charge in [0, 0.05) is 24.2 Å². The Morgan fingerprint density at radius 2 is 1.88 bits per heavy atom. The molecular formula is C18H18Cl2N4. The van der Waals surface area contributed by atoms with E-state index in [1.54, 1.807) is 6.07 Å². The summed E-state index contributed by atoms with van der Waals surface area (Å²) in [6.07, 6.45) is 0. The van der Waals surface area contributed by atoms with E-state index in [-0.39, 0.29) is 6.04 Å². The van der Waals surface area contributed by atoms with Crippen molar-refractivity contribution in [3.8, 4) is 11.4 Å². The summed E-state index contributed by atoms with van der Waals surface area (Å²) in [5.41, 5.74) is 9.71. The number of hydrogen-bond donors (Lipinski definition) is 1. The van der Waals surface area contributed by atoms with Gasteiger partial charge in [-0.05, 0) is 50.2 Å². The van der Waals surface area contributed by atoms with Crippen molar-refractivity contribution in [1.82, 2.24) is 9.55 Å². The molecule has 3 rings (SSSR count). The first kappa shape index (κ1) is 16.8. The molecule has 0 saturated heterocycles. The second kappa shape index (κ2) is 6.46. The molecule has 0 aliphatic rings. The molecule has 4 nitrogen and oxygen atoms in total. The lowest BCUT2D eigenvalue weighted by molar-refractivity contribution is 0.834. The number of nitrogens with zero attached hydrogens (tertiary/aromatic N) is 3. The molecule has 124 valence electrons. The van der Waals surface area contributed by atoms with E-state index in [4.69, 9.17) is 33.9 Å². The summed E-state index contributed by atoms with van der Waals surface area (Å²) in [5.74, 6) is 1.34. The molecule has 2 N–H and O–H groups in total. The molecule has 6 heteroatoms. The number of halogens is 2. The number of benzene rings is 2. The van der Waals surface area contributed by atoms with Gasteiger partial charge in [-0.2, -0.15) is 0 Å². The molecule has 0 radical (unpaired) electrons. The minimum atomic E-state index is 0.149. The molecule has 0 amide bonds. The van der Waals surface area contributed by atoms with Crippen molar-refractivity contribution in [3.63, 3.8) is 0 Å². The van der Waals surface area contributed by atoms with Gasteiger partial charge in [0.2, 0.25) is 0 Å². The van der Waals surface area contributed by atoms with Crippen molar-refractivity contribution in [2.24, 2.45) is 17.8 Å². The summed E-state index contributed by atoms with van der Waals surface area (Å²) in [6, 6.07) is 11.6. The normalized spacial score (nSPS) is 12.3. The smallest absolute Gasteiger partial charge is 0.140 e. The summed E-state index contributed by atoms with van der Waals surface area (Å²) in [7, 11) is 1.97. The molecule has 2 aromatic carbocycles. The van der Waals surface area contributed by atoms with Crippen LogP contribution in [0.5, 0.6) is 0 Å². The Morgan fingerprint density at radius 1 is 1.12 bits per heavy atom. The maximum atomic E-state index is 6.13. The Morgan fingerprint density at radius 3 is 2.54 bits per heavy atom. The number of nitrogens with two attached hydrogens (primary N) is 1. The highest BCUT2D eigenvalue weighted by Gasteiger charge is 2.12. The van der Waals surface area contributed by atoms with Crippen molar-refractivity contribution in [1.29, 1.82) is 0 Å². The van der Waals surface area contributed by atoms with Crippen molar-refractivity contribution in [2.45, 2.75) is 19.9 Å². The zero-order chi connectivity index (χ0) is 17.4. The van der Waals surface area contributed by atoms with E-state index < -0.39 is 0 Å². The first-order valence-electron chi connectivity index (χ1n) is 7.62. The highest BCUT2D eigenvalue weighted by Crippen LogP contribution is 2.30. The number of amidine groups is 1. The summed E-state index contributed by atoms with van der Waals surface area (Å²) in [6.45, 7) is 3.99. The maximum absolute atomic E-state index is 6.13. The summed E-state index contributed by atoms with van der Waals surface area (Å²) in [5, 5.41) is 1.04. The van der Waals surface area contributed by atoms with Crippen LogP contribution in [-0.2, 0) is 7.05 Å². The molecule has 0 aliphatic carbocycles. The lowest BCUT2D eigenvalue weighted by Crippen LogP contribution is -2.15. The van der Waals surface area contributed by atoms with Crippen LogP contribution in [0.25, 0.3) is 22.4 Å². The number of imidazole rings is 1. The minimum absolute atomic E-state index is 0.149. The van der Waals surface area contributed by atoms with Crippen LogP contribution in [0.1, 0.15) is 19.4 Å². The molecule has 1 aromatic heterocycles. The molecule has 0 unspecified atom stereocenters. The SMILES string of the molecule is CC(C)N=C(N)c1ccc2c(c1)nc(-c1ccc(Cl)c(Cl)c1)n2C. The lowest BCUT2D eigenvalue weighted by Gasteiger charge is -2.05. The largest absolute Gasteiger partial charge is 0.383 e. The van der Waals surface area contributed by atoms with Gasteiger partial charge in [-0.25, -0.2) is 4.98 Å². The average molecular weight is 361 g/mol. The summed E-state index contributed by atoms with van der Waals surface area (Å²) in [4.78, 5) is 9.12. The summed E-state index contributed by atoms with van der Waals surface area (Å²) < 4.78 is 2.02. The highest BCUT2D eigenvalue weighted by atomic mass is 35.5. The van der Waals surface area contributed by atoms with Crippen LogP contribution < -0.4 is 5.73 Å². The number of hydrogen-bond acceptors (Lipinski definition) is 2. The monoisotopic (exact) mass is 360 g/mol. The molecule has 0 bridgehead atoms. The third-order valence-corrected chi connectivity index (χ3v) is 4.49. The minimum Gasteiger partial charge on any atom is -0.383 e. The van der Waals surface area contributed by atoms with Crippen LogP contribution in [0.3, 0.4) is 0 Å². The van der Waals surface area contributed by atoms with Gasteiger partial charge in [0.15, 0.2) is 0 Å². The van der Waals surface area contributed by atoms with E-state index in [0.717, 1.165) is 28.0 Å². The van der Waals surface area contributed by atoms with E-state index in [2.05, 4.69) is 4.99 Å². The van der Waals surface area contributed by atoms with Gasteiger partial charge in [-0.1, -0.05) is 23.2 Å². The molecule has 0 aliphatic heterocycles. The van der Waals surface area contributed by atoms with E-state index in [0.29, 0.717) is 15.9 Å². The molecule has 0 atom stereocenters. The number of aryl methyl sites for hydroxylation is 1. The first-order chi connectivity index (χ1) is 11.4. The molecule has 24 heavy (non-hydrogen) atoms. The zero-order valence-corrected chi connectivity index (χ0v) is 15.2. The fraction of sp³-hybridized carbons (Fsp3) is 0.222. The van der Waals surface area contributed by atoms with Gasteiger partial charge in [0.05, 0.1) is 21.1 Å². The van der Waals surface area contributed by atoms with Crippen molar-refractivity contribution < 1.29 is 0 Å². The van der Waals surface area contributed by atoms with E-state index in [9.17, 15) is 0 Å². The molecular weight excluding hydrogens is 343 g/mol. The number of fused-ring (bicyclic) bond motifs is 1. The van der Waals surface area contributed by atoms with Crippen molar-refractivity contribution in [2.75, 3.05) is 0 Å². The van der Waals surface area contributed by atoms with Gasteiger partial charge >= 0.3 is 0 Å². The number of aliphatic imine (C=N–C) groups is 1. The fourth-order valence-electron chi connectivity index (χ4n) is 2.61. The van der Waals surface area contributed by atoms with Crippen LogP contribution in [0, 0.1) is 0 Å². The molecule has 1 heterocycles. The first-order valence-corrected chi connectivity index (χ1v) is 8.38. The predicted octanol–water partition coefficient (Wildman–Crippen LogP) is 4.66. The van der Waals surface area contributed by atoms with Crippen molar-refractivity contribution >= 4 is 40.1 Å². The Labute approximate surface area is 150 Å². The van der Waals surface area contributed by atoms with Gasteiger partial charge in [0.1, 0.15) is 11.7 Å². The zero-order valence-electron chi connectivity index (χ0n) is 13.7. The average Bonchev–Trinajstić information content (AvgIpc) is 2.86. The highest BCUT2D eigenvalue weighted by molar-refractivity contribution is 6.42. The lowest BCUT2D eigenvalue weighted by atomic mass is 10.2. The van der Waals surface area contributed by atoms with E-state index in [1.165, 1.54) is 0 Å². The van der Waals surface area contributed by atoms with Crippen LogP contribution >= 0.6 is 23.2 Å². The predicted molar refractivity (Wildman–Crippen MR) is 102 cm³/mol. The second-order valence-corrected chi connectivity index (χ2v) is 6.75.